The number of hydrogen-bond acceptors (Lipinski definition) is 1. The fourth-order valence-corrected chi connectivity index (χ4v) is 2.22. The number of allylic oxidation sites excluding steroid dienone is 5. The molecule has 1 aliphatic rings. The summed E-state index contributed by atoms with van der Waals surface area (Å²) in [6.45, 7) is 0.555. The maximum atomic E-state index is 5.90. The van der Waals surface area contributed by atoms with E-state index >= 15 is 0 Å². The van der Waals surface area contributed by atoms with Gasteiger partial charge in [-0.05, 0) is 12.1 Å². The standard InChI is InChI=1S/C20H17O/c1-3-11-18(12-4-1)19(15-17-9-7-8-10-17)16-21-20-13-5-2-6-14-20/h1-15H,16H2/q-1. The topological polar surface area (TPSA) is 9.23 Å². The normalized spacial score (nSPS) is 12.5. The predicted molar refractivity (Wildman–Crippen MR) is 87.1 cm³/mol. The van der Waals surface area contributed by atoms with Crippen LogP contribution in [0.4, 0.5) is 0 Å². The first-order valence-corrected chi connectivity index (χ1v) is 7.07. The Bertz CT molecular complexity index is 637. The molecule has 0 spiro atoms. The van der Waals surface area contributed by atoms with Crippen molar-refractivity contribution in [2.24, 2.45) is 0 Å². The zero-order valence-corrected chi connectivity index (χ0v) is 11.8. The monoisotopic (exact) mass is 273 g/mol. The lowest BCUT2D eigenvalue weighted by Gasteiger charge is -2.22. The van der Waals surface area contributed by atoms with Crippen molar-refractivity contribution in [1.82, 2.24) is 0 Å². The van der Waals surface area contributed by atoms with Crippen LogP contribution in [0.2, 0.25) is 0 Å². The summed E-state index contributed by atoms with van der Waals surface area (Å²) < 4.78 is 5.90. The molecule has 3 rings (SSSR count). The summed E-state index contributed by atoms with van der Waals surface area (Å²) in [7, 11) is 0. The number of benzene rings is 2. The Kier molecular flexibility index (Phi) is 4.23. The molecule has 1 nitrogen and oxygen atoms in total. The van der Waals surface area contributed by atoms with E-state index in [-0.39, 0.29) is 0 Å². The highest BCUT2D eigenvalue weighted by Gasteiger charge is 2.03. The molecule has 0 unspecified atom stereocenters. The Hall–Kier alpha value is -2.67. The van der Waals surface area contributed by atoms with Crippen molar-refractivity contribution in [2.75, 3.05) is 6.61 Å². The average molecular weight is 273 g/mol. The van der Waals surface area contributed by atoms with E-state index in [2.05, 4.69) is 42.5 Å². The van der Waals surface area contributed by atoms with Gasteiger partial charge in [-0.15, -0.1) is 35.9 Å². The van der Waals surface area contributed by atoms with Crippen molar-refractivity contribution in [1.29, 1.82) is 0 Å². The summed E-state index contributed by atoms with van der Waals surface area (Å²) in [5, 5.41) is 0. The molecule has 2 aromatic carbocycles. The smallest absolute Gasteiger partial charge is 0.118 e. The molecule has 0 radical (unpaired) electrons. The van der Waals surface area contributed by atoms with Crippen molar-refractivity contribution in [3.63, 3.8) is 0 Å². The van der Waals surface area contributed by atoms with E-state index in [1.165, 1.54) is 17.1 Å². The molecule has 104 valence electrons. The van der Waals surface area contributed by atoms with Crippen LogP contribution in [0.1, 0.15) is 5.56 Å². The van der Waals surface area contributed by atoms with Crippen LogP contribution in [0.15, 0.2) is 96.6 Å². The molecule has 2 aromatic rings. The molecule has 1 aliphatic carbocycles. The largest absolute Gasteiger partial charge is 0.498 e. The summed E-state index contributed by atoms with van der Waals surface area (Å²) in [6.07, 6.45) is 10.5. The molecule has 0 saturated carbocycles. The molecule has 1 heteroatoms. The number of rotatable bonds is 5. The van der Waals surface area contributed by atoms with Gasteiger partial charge in [-0.3, -0.25) is 0 Å². The van der Waals surface area contributed by atoms with Gasteiger partial charge in [0.25, 0.3) is 0 Å². The minimum atomic E-state index is 0.555. The third-order valence-corrected chi connectivity index (χ3v) is 3.31. The second-order valence-electron chi connectivity index (χ2n) is 4.86. The van der Waals surface area contributed by atoms with Crippen LogP contribution in [0, 0.1) is 5.92 Å². The summed E-state index contributed by atoms with van der Waals surface area (Å²) in [6, 6.07) is 20.3. The van der Waals surface area contributed by atoms with E-state index in [0.717, 1.165) is 5.75 Å². The van der Waals surface area contributed by atoms with E-state index in [9.17, 15) is 0 Å². The van der Waals surface area contributed by atoms with Gasteiger partial charge in [0.1, 0.15) is 5.75 Å². The van der Waals surface area contributed by atoms with E-state index in [0.29, 0.717) is 6.61 Å². The van der Waals surface area contributed by atoms with Crippen molar-refractivity contribution in [2.45, 2.75) is 0 Å². The third-order valence-electron chi connectivity index (χ3n) is 3.31. The Morgan fingerprint density at radius 2 is 1.43 bits per heavy atom. The molecule has 0 aromatic heterocycles. The van der Waals surface area contributed by atoms with Gasteiger partial charge >= 0.3 is 0 Å². The molecule has 0 heterocycles. The van der Waals surface area contributed by atoms with Gasteiger partial charge in [0.05, 0.1) is 6.61 Å². The van der Waals surface area contributed by atoms with E-state index < -0.39 is 0 Å². The first kappa shape index (κ1) is 13.3. The van der Waals surface area contributed by atoms with Gasteiger partial charge in [0.2, 0.25) is 0 Å². The lowest BCUT2D eigenvalue weighted by molar-refractivity contribution is 0.341. The van der Waals surface area contributed by atoms with Crippen LogP contribution in [-0.4, -0.2) is 6.61 Å². The summed E-state index contributed by atoms with van der Waals surface area (Å²) in [4.78, 5) is 0. The molecule has 0 saturated heterocycles. The van der Waals surface area contributed by atoms with Gasteiger partial charge in [0.15, 0.2) is 0 Å². The Morgan fingerprint density at radius 3 is 2.10 bits per heavy atom. The molecule has 0 amide bonds. The quantitative estimate of drug-likeness (QED) is 0.715. The SMILES string of the molecule is C1=CC(=C[C-](COc2ccccc2)c2ccccc2)C=C1. The second kappa shape index (κ2) is 6.67. The van der Waals surface area contributed by atoms with Gasteiger partial charge in [-0.1, -0.05) is 60.1 Å². The minimum absolute atomic E-state index is 0.555. The fourth-order valence-electron chi connectivity index (χ4n) is 2.22. The molecule has 0 N–H and O–H groups in total. The van der Waals surface area contributed by atoms with Gasteiger partial charge in [-0.25, -0.2) is 0 Å². The van der Waals surface area contributed by atoms with Crippen LogP contribution in [0.3, 0.4) is 0 Å². The highest BCUT2D eigenvalue weighted by atomic mass is 16.5. The van der Waals surface area contributed by atoms with Crippen LogP contribution >= 0.6 is 0 Å². The van der Waals surface area contributed by atoms with Gasteiger partial charge < -0.3 is 4.74 Å². The van der Waals surface area contributed by atoms with Crippen LogP contribution in [-0.2, 0) is 0 Å². The zero-order chi connectivity index (χ0) is 14.3. The second-order valence-corrected chi connectivity index (χ2v) is 4.86. The molecule has 21 heavy (non-hydrogen) atoms. The van der Waals surface area contributed by atoms with Crippen molar-refractivity contribution in [3.8, 4) is 5.75 Å². The average Bonchev–Trinajstić information content (AvgIpc) is 3.06. The predicted octanol–water partition coefficient (Wildman–Crippen LogP) is 4.74. The highest BCUT2D eigenvalue weighted by molar-refractivity contribution is 5.48. The fraction of sp³-hybridized carbons (Fsp3) is 0.0500. The zero-order valence-electron chi connectivity index (χ0n) is 11.8. The van der Waals surface area contributed by atoms with Crippen molar-refractivity contribution >= 4 is 0 Å². The van der Waals surface area contributed by atoms with Gasteiger partial charge in [0, 0.05) is 0 Å². The maximum absolute atomic E-state index is 5.90. The lowest BCUT2D eigenvalue weighted by Crippen LogP contribution is -2.09. The van der Waals surface area contributed by atoms with E-state index in [1.54, 1.807) is 0 Å². The summed E-state index contributed by atoms with van der Waals surface area (Å²) >= 11 is 0. The third kappa shape index (κ3) is 3.67. The Morgan fingerprint density at radius 1 is 0.810 bits per heavy atom. The maximum Gasteiger partial charge on any atom is 0.118 e. The van der Waals surface area contributed by atoms with Gasteiger partial charge in [-0.2, -0.15) is 0 Å². The van der Waals surface area contributed by atoms with Crippen LogP contribution in [0.25, 0.3) is 0 Å². The highest BCUT2D eigenvalue weighted by Crippen LogP contribution is 2.22. The molecule has 0 fully saturated rings. The molecular weight excluding hydrogens is 256 g/mol. The minimum Gasteiger partial charge on any atom is -0.498 e. The molecule has 0 bridgehead atoms. The van der Waals surface area contributed by atoms with Crippen molar-refractivity contribution in [3.05, 3.63) is 108 Å². The number of para-hydroxylation sites is 1. The number of ether oxygens (including phenoxy) is 1. The van der Waals surface area contributed by atoms with Crippen molar-refractivity contribution < 1.29 is 4.74 Å². The summed E-state index contributed by atoms with van der Waals surface area (Å²) in [5.41, 5.74) is 2.39. The summed E-state index contributed by atoms with van der Waals surface area (Å²) in [5.74, 6) is 2.06. The van der Waals surface area contributed by atoms with E-state index in [1.807, 2.05) is 48.6 Å². The van der Waals surface area contributed by atoms with Crippen LogP contribution in [0.5, 0.6) is 5.75 Å². The molecule has 0 aliphatic heterocycles. The Balaban J connectivity index is 1.78. The Labute approximate surface area is 125 Å². The van der Waals surface area contributed by atoms with E-state index in [4.69, 9.17) is 4.74 Å². The first-order chi connectivity index (χ1) is 10.4. The molecular formula is C20H17O-. The van der Waals surface area contributed by atoms with Crippen LogP contribution < -0.4 is 4.74 Å². The number of hydrogen-bond donors (Lipinski definition) is 0. The lowest BCUT2D eigenvalue weighted by atomic mass is 9.97. The first-order valence-electron chi connectivity index (χ1n) is 7.07. The molecule has 0 atom stereocenters.